The molecule has 3 nitrogen and oxygen atoms in total. The molecule has 0 aliphatic carbocycles. The zero-order chi connectivity index (χ0) is 14.9. The molecular weight excluding hydrogens is 253 g/mol. The minimum Gasteiger partial charge on any atom is -0.330 e. The quantitative estimate of drug-likeness (QED) is 0.926. The second kappa shape index (κ2) is 5.52. The van der Waals surface area contributed by atoms with Crippen LogP contribution in [0.25, 0.3) is 11.0 Å². The Hall–Kier alpha value is -1.42. The van der Waals surface area contributed by atoms with Gasteiger partial charge in [0.1, 0.15) is 11.6 Å². The molecule has 1 unspecified atom stereocenters. The van der Waals surface area contributed by atoms with E-state index in [0.29, 0.717) is 12.1 Å². The fourth-order valence-electron chi connectivity index (χ4n) is 2.78. The van der Waals surface area contributed by atoms with Gasteiger partial charge in [0.25, 0.3) is 0 Å². The van der Waals surface area contributed by atoms with E-state index in [4.69, 9.17) is 5.73 Å². The molecule has 1 atom stereocenters. The van der Waals surface area contributed by atoms with Gasteiger partial charge in [-0.15, -0.1) is 0 Å². The van der Waals surface area contributed by atoms with E-state index in [-0.39, 0.29) is 17.2 Å². The number of halogens is 1. The van der Waals surface area contributed by atoms with Gasteiger partial charge in [-0.2, -0.15) is 0 Å². The zero-order valence-electron chi connectivity index (χ0n) is 12.8. The molecule has 0 amide bonds. The first-order valence-corrected chi connectivity index (χ1v) is 7.21. The van der Waals surface area contributed by atoms with Gasteiger partial charge in [0.15, 0.2) is 0 Å². The standard InChI is InChI=1S/C16H24FN3/c1-5-20-14-7-6-12(17)8-13(14)19-15(20)11(10-18)9-16(2,3)4/h6-8,11H,5,9-10,18H2,1-4H3. The zero-order valence-corrected chi connectivity index (χ0v) is 12.8. The van der Waals surface area contributed by atoms with Crippen molar-refractivity contribution in [3.05, 3.63) is 29.8 Å². The van der Waals surface area contributed by atoms with Crippen molar-refractivity contribution < 1.29 is 4.39 Å². The van der Waals surface area contributed by atoms with Crippen LogP contribution in [0.2, 0.25) is 0 Å². The molecule has 2 rings (SSSR count). The molecule has 1 aromatic heterocycles. The number of fused-ring (bicyclic) bond motifs is 1. The molecule has 0 fully saturated rings. The molecule has 1 aromatic carbocycles. The Labute approximate surface area is 120 Å². The third-order valence-corrected chi connectivity index (χ3v) is 3.56. The van der Waals surface area contributed by atoms with Gasteiger partial charge in [-0.25, -0.2) is 9.37 Å². The number of aromatic nitrogens is 2. The maximum Gasteiger partial charge on any atom is 0.125 e. The second-order valence-electron chi connectivity index (χ2n) is 6.54. The Morgan fingerprint density at radius 1 is 1.35 bits per heavy atom. The number of aryl methyl sites for hydroxylation is 1. The van der Waals surface area contributed by atoms with Crippen LogP contribution in [0.3, 0.4) is 0 Å². The van der Waals surface area contributed by atoms with Crippen LogP contribution in [0.4, 0.5) is 4.39 Å². The highest BCUT2D eigenvalue weighted by molar-refractivity contribution is 5.76. The molecule has 0 saturated carbocycles. The van der Waals surface area contributed by atoms with Gasteiger partial charge in [0, 0.05) is 25.1 Å². The number of hydrogen-bond donors (Lipinski definition) is 1. The van der Waals surface area contributed by atoms with Crippen molar-refractivity contribution in [1.82, 2.24) is 9.55 Å². The molecular formula is C16H24FN3. The van der Waals surface area contributed by atoms with Gasteiger partial charge in [-0.05, 0) is 30.9 Å². The van der Waals surface area contributed by atoms with Crippen molar-refractivity contribution in [3.63, 3.8) is 0 Å². The van der Waals surface area contributed by atoms with E-state index >= 15 is 0 Å². The Bertz CT molecular complexity index is 596. The minimum absolute atomic E-state index is 0.187. The largest absolute Gasteiger partial charge is 0.330 e. The topological polar surface area (TPSA) is 43.8 Å². The van der Waals surface area contributed by atoms with Crippen molar-refractivity contribution in [2.75, 3.05) is 6.54 Å². The van der Waals surface area contributed by atoms with Crippen LogP contribution in [-0.4, -0.2) is 16.1 Å². The predicted octanol–water partition coefficient (Wildman–Crippen LogP) is 3.67. The highest BCUT2D eigenvalue weighted by Gasteiger charge is 2.24. The molecule has 2 aromatic rings. The SMILES string of the molecule is CCn1c(C(CN)CC(C)(C)C)nc2cc(F)ccc21. The fraction of sp³-hybridized carbons (Fsp3) is 0.562. The Balaban J connectivity index is 2.51. The number of rotatable bonds is 4. The van der Waals surface area contributed by atoms with Crippen molar-refractivity contribution in [1.29, 1.82) is 0 Å². The number of imidazole rings is 1. The predicted molar refractivity (Wildman–Crippen MR) is 81.2 cm³/mol. The van der Waals surface area contributed by atoms with E-state index in [1.54, 1.807) is 6.07 Å². The van der Waals surface area contributed by atoms with Crippen LogP contribution in [-0.2, 0) is 6.54 Å². The smallest absolute Gasteiger partial charge is 0.125 e. The summed E-state index contributed by atoms with van der Waals surface area (Å²) in [5.41, 5.74) is 7.85. The lowest BCUT2D eigenvalue weighted by atomic mass is 9.84. The summed E-state index contributed by atoms with van der Waals surface area (Å²) in [5, 5.41) is 0. The summed E-state index contributed by atoms with van der Waals surface area (Å²) in [4.78, 5) is 4.64. The summed E-state index contributed by atoms with van der Waals surface area (Å²) in [6.45, 7) is 10.1. The summed E-state index contributed by atoms with van der Waals surface area (Å²) >= 11 is 0. The molecule has 0 aliphatic rings. The van der Waals surface area contributed by atoms with Crippen molar-refractivity contribution in [2.45, 2.75) is 46.6 Å². The van der Waals surface area contributed by atoms with Crippen LogP contribution < -0.4 is 5.73 Å². The van der Waals surface area contributed by atoms with Gasteiger partial charge in [0.05, 0.1) is 11.0 Å². The van der Waals surface area contributed by atoms with Gasteiger partial charge in [-0.1, -0.05) is 20.8 Å². The van der Waals surface area contributed by atoms with Gasteiger partial charge < -0.3 is 10.3 Å². The third-order valence-electron chi connectivity index (χ3n) is 3.56. The molecule has 0 aliphatic heterocycles. The molecule has 110 valence electrons. The van der Waals surface area contributed by atoms with E-state index in [0.717, 1.165) is 24.3 Å². The molecule has 20 heavy (non-hydrogen) atoms. The molecule has 0 spiro atoms. The highest BCUT2D eigenvalue weighted by Crippen LogP contribution is 2.32. The molecule has 0 bridgehead atoms. The van der Waals surface area contributed by atoms with Crippen LogP contribution >= 0.6 is 0 Å². The first kappa shape index (κ1) is 15.0. The Morgan fingerprint density at radius 2 is 2.05 bits per heavy atom. The van der Waals surface area contributed by atoms with Gasteiger partial charge in [0.2, 0.25) is 0 Å². The first-order valence-electron chi connectivity index (χ1n) is 7.21. The maximum absolute atomic E-state index is 13.4. The average molecular weight is 277 g/mol. The minimum atomic E-state index is -0.245. The lowest BCUT2D eigenvalue weighted by Crippen LogP contribution is -2.22. The van der Waals surface area contributed by atoms with Crippen LogP contribution in [0, 0.1) is 11.2 Å². The van der Waals surface area contributed by atoms with E-state index in [1.165, 1.54) is 12.1 Å². The van der Waals surface area contributed by atoms with Crippen molar-refractivity contribution in [3.8, 4) is 0 Å². The summed E-state index contributed by atoms with van der Waals surface area (Å²) < 4.78 is 15.5. The third kappa shape index (κ3) is 3.01. The number of nitrogens with zero attached hydrogens (tertiary/aromatic N) is 2. The molecule has 4 heteroatoms. The number of hydrogen-bond acceptors (Lipinski definition) is 2. The summed E-state index contributed by atoms with van der Waals surface area (Å²) in [6, 6.07) is 4.78. The highest BCUT2D eigenvalue weighted by atomic mass is 19.1. The molecule has 0 radical (unpaired) electrons. The van der Waals surface area contributed by atoms with E-state index in [2.05, 4.69) is 37.2 Å². The maximum atomic E-state index is 13.4. The normalized spacial score (nSPS) is 13.9. The monoisotopic (exact) mass is 277 g/mol. The van der Waals surface area contributed by atoms with Crippen molar-refractivity contribution >= 4 is 11.0 Å². The fourth-order valence-corrected chi connectivity index (χ4v) is 2.78. The van der Waals surface area contributed by atoms with Crippen LogP contribution in [0.5, 0.6) is 0 Å². The number of nitrogens with two attached hydrogens (primary N) is 1. The first-order chi connectivity index (χ1) is 9.35. The summed E-state index contributed by atoms with van der Waals surface area (Å²) in [5.74, 6) is 0.931. The lowest BCUT2D eigenvalue weighted by molar-refractivity contribution is 0.332. The molecule has 1 heterocycles. The van der Waals surface area contributed by atoms with E-state index in [9.17, 15) is 4.39 Å². The van der Waals surface area contributed by atoms with Gasteiger partial charge >= 0.3 is 0 Å². The average Bonchev–Trinajstić information content (AvgIpc) is 2.72. The van der Waals surface area contributed by atoms with E-state index in [1.807, 2.05) is 0 Å². The van der Waals surface area contributed by atoms with Crippen LogP contribution in [0.1, 0.15) is 45.9 Å². The Kier molecular flexibility index (Phi) is 4.14. The summed E-state index contributed by atoms with van der Waals surface area (Å²) in [6.07, 6.45) is 0.968. The van der Waals surface area contributed by atoms with Gasteiger partial charge in [-0.3, -0.25) is 0 Å². The molecule has 2 N–H and O–H groups in total. The second-order valence-corrected chi connectivity index (χ2v) is 6.54. The lowest BCUT2D eigenvalue weighted by Gasteiger charge is -2.25. The van der Waals surface area contributed by atoms with E-state index < -0.39 is 0 Å². The van der Waals surface area contributed by atoms with Crippen LogP contribution in [0.15, 0.2) is 18.2 Å². The molecule has 0 saturated heterocycles. The summed E-state index contributed by atoms with van der Waals surface area (Å²) in [7, 11) is 0. The Morgan fingerprint density at radius 3 is 2.60 bits per heavy atom. The van der Waals surface area contributed by atoms with Crippen molar-refractivity contribution in [2.24, 2.45) is 11.1 Å². The number of benzene rings is 1.